The Hall–Kier alpha value is -2.72. The number of hydrogen-bond acceptors (Lipinski definition) is 9. The van der Waals surface area contributed by atoms with Gasteiger partial charge in [-0.25, -0.2) is 9.97 Å². The van der Waals surface area contributed by atoms with Crippen LogP contribution in [0.15, 0.2) is 28.8 Å². The molecule has 3 heterocycles. The lowest BCUT2D eigenvalue weighted by molar-refractivity contribution is 0.108. The molecule has 0 bridgehead atoms. The van der Waals surface area contributed by atoms with E-state index in [0.29, 0.717) is 52.6 Å². The fraction of sp³-hybridized carbons (Fsp3) is 0.435. The van der Waals surface area contributed by atoms with Gasteiger partial charge in [-0.2, -0.15) is 0 Å². The van der Waals surface area contributed by atoms with Gasteiger partial charge >= 0.3 is 0 Å². The molecule has 0 aliphatic carbocycles. The van der Waals surface area contributed by atoms with Crippen molar-refractivity contribution in [2.24, 2.45) is 0 Å². The van der Waals surface area contributed by atoms with Crippen molar-refractivity contribution in [3.63, 3.8) is 0 Å². The number of likely N-dealkylation sites (N-methyl/N-ethyl adjacent to an activating group) is 1. The topological polar surface area (TPSA) is 115 Å². The van der Waals surface area contributed by atoms with Crippen molar-refractivity contribution < 1.29 is 19.1 Å². The molecule has 10 heteroatoms. The summed E-state index contributed by atoms with van der Waals surface area (Å²) >= 11 is 6.38. The SMILES string of the molecule is CNCC(O)COc1cc(Cl)cc(-c2nc(N[C@H]3CCOC3)cc(-c3c(C)noc3C)n2)c1. The second-order valence-corrected chi connectivity index (χ2v) is 8.50. The average Bonchev–Trinajstić information content (AvgIpc) is 3.41. The minimum Gasteiger partial charge on any atom is -0.491 e. The second kappa shape index (κ2) is 10.5. The van der Waals surface area contributed by atoms with Crippen molar-refractivity contribution >= 4 is 17.4 Å². The van der Waals surface area contributed by atoms with Gasteiger partial charge < -0.3 is 29.7 Å². The summed E-state index contributed by atoms with van der Waals surface area (Å²) in [4.78, 5) is 9.53. The van der Waals surface area contributed by atoms with Crippen molar-refractivity contribution in [2.45, 2.75) is 32.4 Å². The monoisotopic (exact) mass is 473 g/mol. The number of rotatable bonds is 9. The Morgan fingerprint density at radius 2 is 2.09 bits per heavy atom. The third kappa shape index (κ3) is 5.80. The first-order chi connectivity index (χ1) is 15.9. The zero-order chi connectivity index (χ0) is 23.4. The molecule has 1 fully saturated rings. The quantitative estimate of drug-likeness (QED) is 0.430. The van der Waals surface area contributed by atoms with Crippen molar-refractivity contribution in [1.29, 1.82) is 0 Å². The highest BCUT2D eigenvalue weighted by molar-refractivity contribution is 6.31. The Labute approximate surface area is 197 Å². The molecule has 3 aromatic rings. The van der Waals surface area contributed by atoms with E-state index in [-0.39, 0.29) is 12.6 Å². The molecule has 1 aliphatic heterocycles. The molecule has 0 spiro atoms. The van der Waals surface area contributed by atoms with Crippen LogP contribution in [-0.2, 0) is 4.74 Å². The zero-order valence-corrected chi connectivity index (χ0v) is 19.6. The fourth-order valence-corrected chi connectivity index (χ4v) is 3.97. The number of aliphatic hydroxyl groups is 1. The van der Waals surface area contributed by atoms with Crippen LogP contribution in [0.2, 0.25) is 5.02 Å². The van der Waals surface area contributed by atoms with Gasteiger partial charge in [0.25, 0.3) is 0 Å². The number of ether oxygens (including phenoxy) is 2. The summed E-state index contributed by atoms with van der Waals surface area (Å²) in [6, 6.07) is 7.37. The molecule has 0 saturated carbocycles. The van der Waals surface area contributed by atoms with E-state index in [1.54, 1.807) is 19.2 Å². The molecule has 2 atom stereocenters. The Morgan fingerprint density at radius 1 is 1.24 bits per heavy atom. The van der Waals surface area contributed by atoms with E-state index in [1.165, 1.54) is 0 Å². The third-order valence-corrected chi connectivity index (χ3v) is 5.53. The number of halogens is 1. The summed E-state index contributed by atoms with van der Waals surface area (Å²) in [5.74, 6) is 2.37. The number of hydrogen-bond donors (Lipinski definition) is 3. The highest BCUT2D eigenvalue weighted by Gasteiger charge is 2.20. The van der Waals surface area contributed by atoms with E-state index < -0.39 is 6.10 Å². The van der Waals surface area contributed by atoms with Crippen LogP contribution in [0.5, 0.6) is 5.75 Å². The lowest BCUT2D eigenvalue weighted by Crippen LogP contribution is -2.29. The largest absolute Gasteiger partial charge is 0.491 e. The van der Waals surface area contributed by atoms with Crippen molar-refractivity contribution in [1.82, 2.24) is 20.4 Å². The molecule has 1 saturated heterocycles. The predicted octanol–water partition coefficient (Wildman–Crippen LogP) is 3.23. The Bertz CT molecular complexity index is 1080. The minimum absolute atomic E-state index is 0.134. The molecule has 1 aliphatic rings. The first kappa shape index (κ1) is 23.4. The summed E-state index contributed by atoms with van der Waals surface area (Å²) in [7, 11) is 1.77. The zero-order valence-electron chi connectivity index (χ0n) is 18.9. The molecule has 4 rings (SSSR count). The van der Waals surface area contributed by atoms with E-state index >= 15 is 0 Å². The summed E-state index contributed by atoms with van der Waals surface area (Å²) in [6.07, 6.45) is 0.269. The number of anilines is 1. The lowest BCUT2D eigenvalue weighted by Gasteiger charge is -2.15. The minimum atomic E-state index is -0.638. The number of nitrogens with one attached hydrogen (secondary N) is 2. The molecule has 9 nitrogen and oxygen atoms in total. The first-order valence-corrected chi connectivity index (χ1v) is 11.2. The van der Waals surface area contributed by atoms with Crippen LogP contribution >= 0.6 is 11.6 Å². The summed E-state index contributed by atoms with van der Waals surface area (Å²) in [5.41, 5.74) is 2.98. The molecule has 3 N–H and O–H groups in total. The van der Waals surface area contributed by atoms with Crippen LogP contribution in [0, 0.1) is 13.8 Å². The van der Waals surface area contributed by atoms with Gasteiger partial charge in [0.1, 0.15) is 30.0 Å². The van der Waals surface area contributed by atoms with E-state index in [0.717, 1.165) is 24.3 Å². The van der Waals surface area contributed by atoms with Crippen molar-refractivity contribution in [3.05, 3.63) is 40.7 Å². The molecule has 1 unspecified atom stereocenters. The van der Waals surface area contributed by atoms with Gasteiger partial charge in [-0.3, -0.25) is 0 Å². The summed E-state index contributed by atoms with van der Waals surface area (Å²) in [6.45, 7) is 5.65. The normalized spacial score (nSPS) is 16.7. The van der Waals surface area contributed by atoms with E-state index in [9.17, 15) is 5.11 Å². The number of benzene rings is 1. The molecular weight excluding hydrogens is 446 g/mol. The van der Waals surface area contributed by atoms with Crippen molar-refractivity contribution in [2.75, 3.05) is 38.7 Å². The Kier molecular flexibility index (Phi) is 7.44. The van der Waals surface area contributed by atoms with Gasteiger partial charge in [0.2, 0.25) is 0 Å². The van der Waals surface area contributed by atoms with Gasteiger partial charge in [0, 0.05) is 29.8 Å². The van der Waals surface area contributed by atoms with Gasteiger partial charge in [-0.05, 0) is 45.5 Å². The molecule has 0 radical (unpaired) electrons. The van der Waals surface area contributed by atoms with E-state index in [4.69, 9.17) is 35.6 Å². The number of aliphatic hydroxyl groups excluding tert-OH is 1. The highest BCUT2D eigenvalue weighted by atomic mass is 35.5. The predicted molar refractivity (Wildman–Crippen MR) is 126 cm³/mol. The average molecular weight is 474 g/mol. The smallest absolute Gasteiger partial charge is 0.162 e. The summed E-state index contributed by atoms with van der Waals surface area (Å²) < 4.78 is 16.6. The molecule has 0 amide bonds. The molecule has 176 valence electrons. The van der Waals surface area contributed by atoms with E-state index in [2.05, 4.69) is 15.8 Å². The van der Waals surface area contributed by atoms with Crippen LogP contribution in [0.1, 0.15) is 17.9 Å². The number of aromatic nitrogens is 3. The maximum atomic E-state index is 9.95. The molecular formula is C23H28ClN5O4. The van der Waals surface area contributed by atoms with Crippen LogP contribution in [0.4, 0.5) is 5.82 Å². The number of nitrogens with zero attached hydrogens (tertiary/aromatic N) is 3. The standard InChI is InChI=1S/C23H28ClN5O4/c1-13-22(14(2)33-29-13)20-9-21(26-17-4-5-31-11-17)28-23(27-20)15-6-16(24)8-19(7-15)32-12-18(30)10-25-3/h6-9,17-18,25,30H,4-5,10-12H2,1-3H3,(H,26,27,28)/t17-,18?/m0/s1. The maximum absolute atomic E-state index is 9.95. The van der Waals surface area contributed by atoms with Crippen LogP contribution in [0.3, 0.4) is 0 Å². The molecule has 1 aromatic carbocycles. The second-order valence-electron chi connectivity index (χ2n) is 8.06. The first-order valence-electron chi connectivity index (χ1n) is 10.9. The molecule has 33 heavy (non-hydrogen) atoms. The third-order valence-electron chi connectivity index (χ3n) is 5.31. The van der Waals surface area contributed by atoms with Gasteiger partial charge in [-0.15, -0.1) is 0 Å². The number of aryl methyl sites for hydroxylation is 2. The lowest BCUT2D eigenvalue weighted by atomic mass is 10.1. The maximum Gasteiger partial charge on any atom is 0.162 e. The van der Waals surface area contributed by atoms with Crippen LogP contribution < -0.4 is 15.4 Å². The van der Waals surface area contributed by atoms with Gasteiger partial charge in [-0.1, -0.05) is 16.8 Å². The van der Waals surface area contributed by atoms with Gasteiger partial charge in [0.15, 0.2) is 5.82 Å². The fourth-order valence-electron chi connectivity index (χ4n) is 3.75. The van der Waals surface area contributed by atoms with E-state index in [1.807, 2.05) is 26.0 Å². The van der Waals surface area contributed by atoms with Crippen molar-refractivity contribution in [3.8, 4) is 28.4 Å². The van der Waals surface area contributed by atoms with Crippen LogP contribution in [0.25, 0.3) is 22.6 Å². The molecule has 2 aromatic heterocycles. The highest BCUT2D eigenvalue weighted by Crippen LogP contribution is 2.32. The Balaban J connectivity index is 1.70. The van der Waals surface area contributed by atoms with Crippen LogP contribution in [-0.4, -0.2) is 65.8 Å². The van der Waals surface area contributed by atoms with Gasteiger partial charge in [0.05, 0.1) is 29.6 Å². The Morgan fingerprint density at radius 3 is 2.79 bits per heavy atom. The summed E-state index contributed by atoms with van der Waals surface area (Å²) in [5, 5.41) is 20.9.